The SMILES string of the molecule is COc1cc(C#N)ccc1O[C@@H](C)C(=O)NC(=O)NC1CCCCC1. The van der Waals surface area contributed by atoms with Gasteiger partial charge in [-0.1, -0.05) is 19.3 Å². The van der Waals surface area contributed by atoms with Gasteiger partial charge < -0.3 is 14.8 Å². The van der Waals surface area contributed by atoms with Crippen LogP contribution in [0.3, 0.4) is 0 Å². The highest BCUT2D eigenvalue weighted by molar-refractivity contribution is 5.96. The lowest BCUT2D eigenvalue weighted by Gasteiger charge is -2.23. The summed E-state index contributed by atoms with van der Waals surface area (Å²) in [5, 5.41) is 14.0. The number of methoxy groups -OCH3 is 1. The van der Waals surface area contributed by atoms with Crippen molar-refractivity contribution >= 4 is 11.9 Å². The molecule has 0 unspecified atom stereocenters. The quantitative estimate of drug-likeness (QED) is 0.854. The summed E-state index contributed by atoms with van der Waals surface area (Å²) in [4.78, 5) is 24.1. The van der Waals surface area contributed by atoms with Crippen LogP contribution in [-0.2, 0) is 4.79 Å². The van der Waals surface area contributed by atoms with E-state index >= 15 is 0 Å². The molecular formula is C18H23N3O4. The van der Waals surface area contributed by atoms with E-state index in [1.54, 1.807) is 19.1 Å². The Hall–Kier alpha value is -2.75. The van der Waals surface area contributed by atoms with Crippen molar-refractivity contribution < 1.29 is 19.1 Å². The topological polar surface area (TPSA) is 100 Å². The molecule has 0 heterocycles. The molecule has 1 saturated carbocycles. The van der Waals surface area contributed by atoms with Gasteiger partial charge in [-0.15, -0.1) is 0 Å². The highest BCUT2D eigenvalue weighted by atomic mass is 16.5. The average Bonchev–Trinajstić information content (AvgIpc) is 2.62. The number of nitriles is 1. The number of ether oxygens (including phenoxy) is 2. The largest absolute Gasteiger partial charge is 0.493 e. The summed E-state index contributed by atoms with van der Waals surface area (Å²) in [5.74, 6) is 0.141. The minimum atomic E-state index is -0.890. The molecule has 134 valence electrons. The maximum atomic E-state index is 12.1. The molecule has 1 fully saturated rings. The van der Waals surface area contributed by atoms with Crippen molar-refractivity contribution in [2.24, 2.45) is 0 Å². The van der Waals surface area contributed by atoms with Crippen LogP contribution in [0, 0.1) is 11.3 Å². The van der Waals surface area contributed by atoms with E-state index < -0.39 is 18.0 Å². The lowest BCUT2D eigenvalue weighted by molar-refractivity contribution is -0.126. The van der Waals surface area contributed by atoms with Crippen molar-refractivity contribution in [2.45, 2.75) is 51.2 Å². The van der Waals surface area contributed by atoms with E-state index in [2.05, 4.69) is 10.6 Å². The summed E-state index contributed by atoms with van der Waals surface area (Å²) in [6.45, 7) is 1.54. The van der Waals surface area contributed by atoms with Gasteiger partial charge in [-0.3, -0.25) is 10.1 Å². The summed E-state index contributed by atoms with van der Waals surface area (Å²) < 4.78 is 10.7. The minimum Gasteiger partial charge on any atom is -0.493 e. The molecule has 1 atom stereocenters. The van der Waals surface area contributed by atoms with Crippen molar-refractivity contribution in [3.8, 4) is 17.6 Å². The molecule has 0 aliphatic heterocycles. The van der Waals surface area contributed by atoms with E-state index in [0.717, 1.165) is 25.7 Å². The van der Waals surface area contributed by atoms with Crippen molar-refractivity contribution in [1.82, 2.24) is 10.6 Å². The molecule has 7 heteroatoms. The lowest BCUT2D eigenvalue weighted by atomic mass is 9.96. The van der Waals surface area contributed by atoms with Crippen LogP contribution >= 0.6 is 0 Å². The van der Waals surface area contributed by atoms with E-state index in [4.69, 9.17) is 14.7 Å². The number of carbonyl (C=O) groups is 2. The van der Waals surface area contributed by atoms with Gasteiger partial charge in [0.1, 0.15) is 0 Å². The Morgan fingerprint density at radius 2 is 1.96 bits per heavy atom. The van der Waals surface area contributed by atoms with Crippen molar-refractivity contribution in [3.05, 3.63) is 23.8 Å². The first-order chi connectivity index (χ1) is 12.0. The van der Waals surface area contributed by atoms with E-state index in [1.165, 1.54) is 19.6 Å². The molecule has 2 N–H and O–H groups in total. The van der Waals surface area contributed by atoms with Gasteiger partial charge in [0.25, 0.3) is 5.91 Å². The van der Waals surface area contributed by atoms with Crippen LogP contribution in [0.5, 0.6) is 11.5 Å². The number of benzene rings is 1. The maximum Gasteiger partial charge on any atom is 0.321 e. The standard InChI is InChI=1S/C18H23N3O4/c1-12(25-15-9-8-13(11-19)10-16(15)24-2)17(22)21-18(23)20-14-6-4-3-5-7-14/h8-10,12,14H,3-7H2,1-2H3,(H2,20,21,22,23)/t12-/m0/s1. The second kappa shape index (κ2) is 8.92. The molecule has 1 aliphatic carbocycles. The summed E-state index contributed by atoms with van der Waals surface area (Å²) in [5.41, 5.74) is 0.424. The van der Waals surface area contributed by atoms with Crippen molar-refractivity contribution in [1.29, 1.82) is 5.26 Å². The van der Waals surface area contributed by atoms with Gasteiger partial charge in [0.2, 0.25) is 0 Å². The Balaban J connectivity index is 1.89. The van der Waals surface area contributed by atoms with Gasteiger partial charge in [-0.05, 0) is 31.9 Å². The Morgan fingerprint density at radius 3 is 2.60 bits per heavy atom. The normalized spacial score (nSPS) is 15.6. The van der Waals surface area contributed by atoms with Crippen LogP contribution < -0.4 is 20.1 Å². The third-order valence-corrected chi connectivity index (χ3v) is 4.14. The summed E-state index contributed by atoms with van der Waals surface area (Å²) in [6.07, 6.45) is 4.37. The predicted octanol–water partition coefficient (Wildman–Crippen LogP) is 2.49. The number of imide groups is 1. The van der Waals surface area contributed by atoms with Gasteiger partial charge in [0, 0.05) is 12.1 Å². The molecule has 0 aromatic heterocycles. The number of hydrogen-bond acceptors (Lipinski definition) is 5. The van der Waals surface area contributed by atoms with Gasteiger partial charge >= 0.3 is 6.03 Å². The van der Waals surface area contributed by atoms with Crippen LogP contribution in [0.25, 0.3) is 0 Å². The zero-order valence-electron chi connectivity index (χ0n) is 14.5. The number of urea groups is 1. The molecule has 1 aromatic carbocycles. The Bertz CT molecular complexity index is 663. The number of nitrogens with one attached hydrogen (secondary N) is 2. The number of nitrogens with zero attached hydrogens (tertiary/aromatic N) is 1. The van der Waals surface area contributed by atoms with Crippen LogP contribution in [0.15, 0.2) is 18.2 Å². The fourth-order valence-electron chi connectivity index (χ4n) is 2.76. The molecule has 25 heavy (non-hydrogen) atoms. The molecule has 0 radical (unpaired) electrons. The van der Waals surface area contributed by atoms with Gasteiger partial charge in [-0.2, -0.15) is 5.26 Å². The summed E-state index contributed by atoms with van der Waals surface area (Å²) in [6, 6.07) is 6.27. The molecule has 3 amide bonds. The van der Waals surface area contributed by atoms with Gasteiger partial charge in [-0.25, -0.2) is 4.79 Å². The van der Waals surface area contributed by atoms with Crippen LogP contribution in [0.1, 0.15) is 44.6 Å². The zero-order chi connectivity index (χ0) is 18.2. The second-order valence-corrected chi connectivity index (χ2v) is 6.04. The van der Waals surface area contributed by atoms with E-state index in [-0.39, 0.29) is 6.04 Å². The number of hydrogen-bond donors (Lipinski definition) is 2. The number of rotatable bonds is 5. The smallest absolute Gasteiger partial charge is 0.321 e. The van der Waals surface area contributed by atoms with E-state index in [1.807, 2.05) is 6.07 Å². The number of carbonyl (C=O) groups excluding carboxylic acids is 2. The first-order valence-corrected chi connectivity index (χ1v) is 8.39. The van der Waals surface area contributed by atoms with Crippen LogP contribution in [-0.4, -0.2) is 31.2 Å². The highest BCUT2D eigenvalue weighted by Crippen LogP contribution is 2.28. The Labute approximate surface area is 147 Å². The average molecular weight is 345 g/mol. The molecule has 0 saturated heterocycles. The molecule has 0 bridgehead atoms. The second-order valence-electron chi connectivity index (χ2n) is 6.04. The van der Waals surface area contributed by atoms with Crippen molar-refractivity contribution in [3.63, 3.8) is 0 Å². The van der Waals surface area contributed by atoms with Gasteiger partial charge in [0.05, 0.1) is 18.7 Å². The Kier molecular flexibility index (Phi) is 6.63. The zero-order valence-corrected chi connectivity index (χ0v) is 14.5. The molecule has 1 aromatic rings. The van der Waals surface area contributed by atoms with Crippen molar-refractivity contribution in [2.75, 3.05) is 7.11 Å². The Morgan fingerprint density at radius 1 is 1.24 bits per heavy atom. The third-order valence-electron chi connectivity index (χ3n) is 4.14. The maximum absolute atomic E-state index is 12.1. The van der Waals surface area contributed by atoms with Gasteiger partial charge in [0.15, 0.2) is 17.6 Å². The fraction of sp³-hybridized carbons (Fsp3) is 0.500. The van der Waals surface area contributed by atoms with E-state index in [0.29, 0.717) is 17.1 Å². The van der Waals surface area contributed by atoms with E-state index in [9.17, 15) is 9.59 Å². The first kappa shape index (κ1) is 18.6. The fourth-order valence-corrected chi connectivity index (χ4v) is 2.76. The summed E-state index contributed by atoms with van der Waals surface area (Å²) >= 11 is 0. The molecular weight excluding hydrogens is 322 g/mol. The molecule has 1 aliphatic rings. The predicted molar refractivity (Wildman–Crippen MR) is 91.3 cm³/mol. The molecule has 7 nitrogen and oxygen atoms in total. The highest BCUT2D eigenvalue weighted by Gasteiger charge is 2.21. The number of amides is 3. The molecule has 2 rings (SSSR count). The van der Waals surface area contributed by atoms with Crippen LogP contribution in [0.2, 0.25) is 0 Å². The first-order valence-electron chi connectivity index (χ1n) is 8.39. The lowest BCUT2D eigenvalue weighted by Crippen LogP contribution is -2.48. The van der Waals surface area contributed by atoms with Crippen LogP contribution in [0.4, 0.5) is 4.79 Å². The monoisotopic (exact) mass is 345 g/mol. The molecule has 0 spiro atoms. The summed E-state index contributed by atoms with van der Waals surface area (Å²) in [7, 11) is 1.45. The minimum absolute atomic E-state index is 0.122. The third kappa shape index (κ3) is 5.38.